The Morgan fingerprint density at radius 2 is 2.08 bits per heavy atom. The Labute approximate surface area is 141 Å². The van der Waals surface area contributed by atoms with E-state index in [0.717, 1.165) is 26.1 Å². The number of nitrogens with one attached hydrogen (secondary N) is 1. The number of rotatable bonds is 9. The van der Waals surface area contributed by atoms with Gasteiger partial charge in [0, 0.05) is 23.3 Å². The van der Waals surface area contributed by atoms with Gasteiger partial charge in [0.05, 0.1) is 5.52 Å². The zero-order valence-corrected chi connectivity index (χ0v) is 14.1. The molecular formula is C18H24FN3O2. The number of aromatic nitrogens is 1. The number of pyridine rings is 1. The molecule has 130 valence electrons. The number of carboxylic acid groups (broad SMARTS) is 1. The van der Waals surface area contributed by atoms with Crippen LogP contribution in [0.2, 0.25) is 0 Å². The van der Waals surface area contributed by atoms with Gasteiger partial charge in [-0.05, 0) is 50.7 Å². The Hall–Kier alpha value is -2.21. The van der Waals surface area contributed by atoms with Crippen molar-refractivity contribution in [2.75, 3.05) is 25.0 Å². The Kier molecular flexibility index (Phi) is 6.49. The van der Waals surface area contributed by atoms with Crippen molar-refractivity contribution < 1.29 is 14.3 Å². The molecule has 2 N–H and O–H groups in total. The molecule has 24 heavy (non-hydrogen) atoms. The van der Waals surface area contributed by atoms with E-state index in [9.17, 15) is 14.3 Å². The van der Waals surface area contributed by atoms with Gasteiger partial charge >= 0.3 is 5.97 Å². The zero-order chi connectivity index (χ0) is 17.5. The van der Waals surface area contributed by atoms with Crippen LogP contribution in [0.25, 0.3) is 10.9 Å². The third-order valence-corrected chi connectivity index (χ3v) is 4.19. The summed E-state index contributed by atoms with van der Waals surface area (Å²) in [5.41, 5.74) is 1.17. The van der Waals surface area contributed by atoms with Gasteiger partial charge in [0.25, 0.3) is 0 Å². The summed E-state index contributed by atoms with van der Waals surface area (Å²) >= 11 is 0. The minimum atomic E-state index is -0.887. The number of halogens is 1. The molecule has 0 spiro atoms. The Morgan fingerprint density at radius 1 is 1.33 bits per heavy atom. The standard InChI is InChI=1S/C18H24FN3O2/c1-3-22(4-2)11-5-6-16(18(23)24)21-15-9-10-20-17-12-13(19)7-8-14(15)17/h7-10,12,16H,3-6,11H2,1-2H3,(H,20,21)(H,23,24). The lowest BCUT2D eigenvalue weighted by molar-refractivity contribution is -0.138. The minimum Gasteiger partial charge on any atom is -0.480 e. The van der Waals surface area contributed by atoms with Crippen LogP contribution in [0.4, 0.5) is 10.1 Å². The summed E-state index contributed by atoms with van der Waals surface area (Å²) in [6.07, 6.45) is 2.87. The molecule has 1 aromatic carbocycles. The number of hydrogen-bond acceptors (Lipinski definition) is 4. The van der Waals surface area contributed by atoms with Crippen molar-refractivity contribution in [3.05, 3.63) is 36.3 Å². The lowest BCUT2D eigenvalue weighted by Crippen LogP contribution is -2.31. The van der Waals surface area contributed by atoms with Crippen molar-refractivity contribution in [2.45, 2.75) is 32.7 Å². The van der Waals surface area contributed by atoms with E-state index in [1.807, 2.05) is 0 Å². The second kappa shape index (κ2) is 8.59. The van der Waals surface area contributed by atoms with E-state index in [0.29, 0.717) is 23.0 Å². The number of nitrogens with zero attached hydrogens (tertiary/aromatic N) is 2. The fraction of sp³-hybridized carbons (Fsp3) is 0.444. The van der Waals surface area contributed by atoms with Crippen molar-refractivity contribution in [3.63, 3.8) is 0 Å². The van der Waals surface area contributed by atoms with Gasteiger partial charge < -0.3 is 15.3 Å². The second-order valence-corrected chi connectivity index (χ2v) is 5.72. The second-order valence-electron chi connectivity index (χ2n) is 5.72. The highest BCUT2D eigenvalue weighted by Gasteiger charge is 2.18. The highest BCUT2D eigenvalue weighted by molar-refractivity contribution is 5.92. The molecule has 5 nitrogen and oxygen atoms in total. The van der Waals surface area contributed by atoms with Gasteiger partial charge in [0.1, 0.15) is 11.9 Å². The number of anilines is 1. The molecule has 0 radical (unpaired) electrons. The average Bonchev–Trinajstić information content (AvgIpc) is 2.57. The number of fused-ring (bicyclic) bond motifs is 1. The molecule has 0 aliphatic carbocycles. The predicted octanol–water partition coefficient (Wildman–Crippen LogP) is 3.36. The van der Waals surface area contributed by atoms with E-state index in [-0.39, 0.29) is 5.82 Å². The van der Waals surface area contributed by atoms with Gasteiger partial charge in [0.2, 0.25) is 0 Å². The van der Waals surface area contributed by atoms with Crippen molar-refractivity contribution in [1.82, 2.24) is 9.88 Å². The topological polar surface area (TPSA) is 65.5 Å². The lowest BCUT2D eigenvalue weighted by Gasteiger charge is -2.21. The Balaban J connectivity index is 2.09. The monoisotopic (exact) mass is 333 g/mol. The summed E-state index contributed by atoms with van der Waals surface area (Å²) < 4.78 is 13.3. The van der Waals surface area contributed by atoms with Crippen molar-refractivity contribution >= 4 is 22.6 Å². The third kappa shape index (κ3) is 4.64. The van der Waals surface area contributed by atoms with Gasteiger partial charge in [-0.2, -0.15) is 0 Å². The lowest BCUT2D eigenvalue weighted by atomic mass is 10.1. The van der Waals surface area contributed by atoms with E-state index < -0.39 is 12.0 Å². The smallest absolute Gasteiger partial charge is 0.326 e. The summed E-state index contributed by atoms with van der Waals surface area (Å²) in [4.78, 5) is 18.0. The minimum absolute atomic E-state index is 0.360. The largest absolute Gasteiger partial charge is 0.480 e. The highest BCUT2D eigenvalue weighted by atomic mass is 19.1. The molecule has 1 aromatic heterocycles. The molecular weight excluding hydrogens is 309 g/mol. The average molecular weight is 333 g/mol. The van der Waals surface area contributed by atoms with Crippen LogP contribution in [-0.2, 0) is 4.79 Å². The molecule has 0 saturated heterocycles. The van der Waals surface area contributed by atoms with Crippen LogP contribution in [0.1, 0.15) is 26.7 Å². The Morgan fingerprint density at radius 3 is 2.75 bits per heavy atom. The van der Waals surface area contributed by atoms with Crippen LogP contribution in [-0.4, -0.2) is 46.6 Å². The fourth-order valence-electron chi connectivity index (χ4n) is 2.75. The van der Waals surface area contributed by atoms with Crippen LogP contribution in [0, 0.1) is 5.82 Å². The predicted molar refractivity (Wildman–Crippen MR) is 93.8 cm³/mol. The van der Waals surface area contributed by atoms with Gasteiger partial charge in [-0.1, -0.05) is 13.8 Å². The highest BCUT2D eigenvalue weighted by Crippen LogP contribution is 2.23. The first-order valence-electron chi connectivity index (χ1n) is 8.31. The summed E-state index contributed by atoms with van der Waals surface area (Å²) in [5.74, 6) is -1.25. The number of benzene rings is 1. The van der Waals surface area contributed by atoms with Crippen LogP contribution in [0.5, 0.6) is 0 Å². The molecule has 1 atom stereocenters. The van der Waals surface area contributed by atoms with Gasteiger partial charge in [-0.15, -0.1) is 0 Å². The van der Waals surface area contributed by atoms with Gasteiger partial charge in [-0.3, -0.25) is 4.98 Å². The molecule has 1 unspecified atom stereocenters. The molecule has 6 heteroatoms. The SMILES string of the molecule is CCN(CC)CCCC(Nc1ccnc2cc(F)ccc12)C(=O)O. The molecule has 0 aliphatic heterocycles. The maximum Gasteiger partial charge on any atom is 0.326 e. The van der Waals surface area contributed by atoms with Crippen LogP contribution in [0.15, 0.2) is 30.5 Å². The maximum absolute atomic E-state index is 13.3. The number of hydrogen-bond donors (Lipinski definition) is 2. The molecule has 2 rings (SSSR count). The van der Waals surface area contributed by atoms with Crippen molar-refractivity contribution in [3.8, 4) is 0 Å². The van der Waals surface area contributed by atoms with E-state index in [2.05, 4.69) is 29.0 Å². The van der Waals surface area contributed by atoms with Gasteiger partial charge in [-0.25, -0.2) is 9.18 Å². The molecule has 1 heterocycles. The van der Waals surface area contributed by atoms with Crippen molar-refractivity contribution in [1.29, 1.82) is 0 Å². The maximum atomic E-state index is 13.3. The summed E-state index contributed by atoms with van der Waals surface area (Å²) in [5, 5.41) is 13.3. The number of carbonyl (C=O) groups is 1. The number of carboxylic acids is 1. The molecule has 0 amide bonds. The van der Waals surface area contributed by atoms with E-state index >= 15 is 0 Å². The fourth-order valence-corrected chi connectivity index (χ4v) is 2.75. The molecule has 0 aliphatic rings. The summed E-state index contributed by atoms with van der Waals surface area (Å²) in [6, 6.07) is 5.36. The van der Waals surface area contributed by atoms with Crippen molar-refractivity contribution in [2.24, 2.45) is 0 Å². The van der Waals surface area contributed by atoms with Crippen LogP contribution < -0.4 is 5.32 Å². The molecule has 0 fully saturated rings. The first-order valence-corrected chi connectivity index (χ1v) is 8.31. The third-order valence-electron chi connectivity index (χ3n) is 4.19. The molecule has 2 aromatic rings. The first-order chi connectivity index (χ1) is 11.5. The van der Waals surface area contributed by atoms with Gasteiger partial charge in [0.15, 0.2) is 0 Å². The summed E-state index contributed by atoms with van der Waals surface area (Å²) in [7, 11) is 0. The van der Waals surface area contributed by atoms with Crippen LogP contribution in [0.3, 0.4) is 0 Å². The van der Waals surface area contributed by atoms with Crippen LogP contribution >= 0.6 is 0 Å². The van der Waals surface area contributed by atoms with E-state index in [4.69, 9.17) is 0 Å². The Bertz CT molecular complexity index is 689. The first kappa shape index (κ1) is 18.1. The number of aliphatic carboxylic acids is 1. The molecule has 0 saturated carbocycles. The quantitative estimate of drug-likeness (QED) is 0.736. The van der Waals surface area contributed by atoms with E-state index in [1.165, 1.54) is 12.1 Å². The normalized spacial score (nSPS) is 12.5. The zero-order valence-electron chi connectivity index (χ0n) is 14.1. The van der Waals surface area contributed by atoms with E-state index in [1.54, 1.807) is 18.3 Å². The molecule has 0 bridgehead atoms. The summed E-state index contributed by atoms with van der Waals surface area (Å²) in [6.45, 7) is 6.99.